The molecule has 2 rings (SSSR count). The molecule has 142 valence electrons. The molecule has 0 spiro atoms. The molecular weight excluding hydrogens is 340 g/mol. The maximum Gasteiger partial charge on any atom is 0.273 e. The quantitative estimate of drug-likeness (QED) is 0.558. The molecule has 1 aromatic carbocycles. The minimum Gasteiger partial charge on any atom is -0.494 e. The van der Waals surface area contributed by atoms with Gasteiger partial charge in [-0.1, -0.05) is 0 Å². The average Bonchev–Trinajstić information content (AvgIpc) is 2.62. The van der Waals surface area contributed by atoms with Crippen LogP contribution < -0.4 is 15.4 Å². The Bertz CT molecular complexity index is 679. The molecule has 2 N–H and O–H groups in total. The Balaban J connectivity index is 1.96. The third-order valence-corrected chi connectivity index (χ3v) is 4.26. The topological polar surface area (TPSA) is 114 Å². The molecule has 1 atom stereocenters. The van der Waals surface area contributed by atoms with Crippen LogP contribution in [0.3, 0.4) is 0 Å². The van der Waals surface area contributed by atoms with E-state index in [1.54, 1.807) is 0 Å². The molecule has 1 saturated heterocycles. The highest BCUT2D eigenvalue weighted by molar-refractivity contribution is 5.94. The Morgan fingerprint density at radius 1 is 1.42 bits per heavy atom. The van der Waals surface area contributed by atoms with Crippen LogP contribution in [0, 0.1) is 16.0 Å². The first-order chi connectivity index (χ1) is 12.4. The number of nitro groups is 1. The van der Waals surface area contributed by atoms with Gasteiger partial charge in [0.1, 0.15) is 5.75 Å². The summed E-state index contributed by atoms with van der Waals surface area (Å²) in [5.41, 5.74) is 0.265. The number of nitrogens with one attached hydrogen (secondary N) is 2. The predicted octanol–water partition coefficient (Wildman–Crippen LogP) is 1.39. The molecule has 2 amide bonds. The van der Waals surface area contributed by atoms with Crippen molar-refractivity contribution in [2.24, 2.45) is 5.92 Å². The van der Waals surface area contributed by atoms with Crippen molar-refractivity contribution in [2.75, 3.05) is 38.6 Å². The van der Waals surface area contributed by atoms with Gasteiger partial charge in [-0.3, -0.25) is 24.6 Å². The lowest BCUT2D eigenvalue weighted by Gasteiger charge is -2.31. The summed E-state index contributed by atoms with van der Waals surface area (Å²) < 4.78 is 5.12. The molecule has 0 bridgehead atoms. The molecule has 0 aromatic heterocycles. The van der Waals surface area contributed by atoms with Crippen LogP contribution >= 0.6 is 0 Å². The number of ether oxygens (including phenoxy) is 1. The number of carbonyl (C=O) groups excluding carboxylic acids is 2. The maximum atomic E-state index is 12.3. The summed E-state index contributed by atoms with van der Waals surface area (Å²) in [7, 11) is 1.39. The van der Waals surface area contributed by atoms with Crippen molar-refractivity contribution in [3.05, 3.63) is 28.3 Å². The number of hydrogen-bond donors (Lipinski definition) is 2. The van der Waals surface area contributed by atoms with Crippen LogP contribution in [-0.4, -0.2) is 54.9 Å². The molecule has 0 radical (unpaired) electrons. The van der Waals surface area contributed by atoms with Gasteiger partial charge in [-0.25, -0.2) is 0 Å². The standard InChI is InChI=1S/C17H24N4O5/c1-3-18-17(23)12-5-4-8-20(10-12)11-16(22)19-14-7-6-13(21(24)25)9-15(14)26-2/h6-7,9,12H,3-5,8,10-11H2,1-2H3,(H,18,23)(H,19,22). The number of likely N-dealkylation sites (tertiary alicyclic amines) is 1. The first-order valence-electron chi connectivity index (χ1n) is 8.57. The molecule has 1 aliphatic rings. The second-order valence-corrected chi connectivity index (χ2v) is 6.16. The van der Waals surface area contributed by atoms with Gasteiger partial charge in [-0.15, -0.1) is 0 Å². The van der Waals surface area contributed by atoms with Crippen LogP contribution in [0.15, 0.2) is 18.2 Å². The SMILES string of the molecule is CCNC(=O)C1CCCN(CC(=O)Nc2ccc([N+](=O)[O-])cc2OC)C1. The van der Waals surface area contributed by atoms with Crippen LogP contribution in [0.1, 0.15) is 19.8 Å². The van der Waals surface area contributed by atoms with Gasteiger partial charge in [0, 0.05) is 19.2 Å². The highest BCUT2D eigenvalue weighted by Gasteiger charge is 2.26. The van der Waals surface area contributed by atoms with Gasteiger partial charge >= 0.3 is 0 Å². The van der Waals surface area contributed by atoms with Crippen LogP contribution in [-0.2, 0) is 9.59 Å². The summed E-state index contributed by atoms with van der Waals surface area (Å²) >= 11 is 0. The smallest absolute Gasteiger partial charge is 0.273 e. The van der Waals surface area contributed by atoms with Crippen molar-refractivity contribution in [2.45, 2.75) is 19.8 Å². The first kappa shape index (κ1) is 19.6. The number of methoxy groups -OCH3 is 1. The van der Waals surface area contributed by atoms with Crippen molar-refractivity contribution < 1.29 is 19.2 Å². The number of non-ortho nitro benzene ring substituents is 1. The van der Waals surface area contributed by atoms with E-state index in [-0.39, 0.29) is 35.7 Å². The number of benzene rings is 1. The number of piperidine rings is 1. The van der Waals surface area contributed by atoms with Crippen molar-refractivity contribution in [3.8, 4) is 5.75 Å². The third-order valence-electron chi connectivity index (χ3n) is 4.26. The van der Waals surface area contributed by atoms with Crippen molar-refractivity contribution in [1.82, 2.24) is 10.2 Å². The Hall–Kier alpha value is -2.68. The molecule has 1 aromatic rings. The maximum absolute atomic E-state index is 12.3. The van der Waals surface area contributed by atoms with Crippen LogP contribution in [0.5, 0.6) is 5.75 Å². The largest absolute Gasteiger partial charge is 0.494 e. The summed E-state index contributed by atoms with van der Waals surface area (Å²) in [6.45, 7) is 3.91. The Morgan fingerprint density at radius 3 is 2.85 bits per heavy atom. The molecule has 26 heavy (non-hydrogen) atoms. The minimum absolute atomic E-state index is 0.0228. The van der Waals surface area contributed by atoms with Crippen LogP contribution in [0.25, 0.3) is 0 Å². The zero-order chi connectivity index (χ0) is 19.1. The van der Waals surface area contributed by atoms with Crippen molar-refractivity contribution in [1.29, 1.82) is 0 Å². The fraction of sp³-hybridized carbons (Fsp3) is 0.529. The highest BCUT2D eigenvalue weighted by atomic mass is 16.6. The van der Waals surface area contributed by atoms with E-state index in [9.17, 15) is 19.7 Å². The molecule has 9 nitrogen and oxygen atoms in total. The van der Waals surface area contributed by atoms with Gasteiger partial charge in [-0.2, -0.15) is 0 Å². The van der Waals surface area contributed by atoms with E-state index in [0.717, 1.165) is 19.4 Å². The molecule has 1 aliphatic heterocycles. The third kappa shape index (κ3) is 5.16. The van der Waals surface area contributed by atoms with Gasteiger partial charge in [0.05, 0.1) is 36.2 Å². The number of nitro benzene ring substituents is 1. The molecular formula is C17H24N4O5. The van der Waals surface area contributed by atoms with E-state index in [4.69, 9.17) is 4.74 Å². The summed E-state index contributed by atoms with van der Waals surface area (Å²) in [6, 6.07) is 4.02. The van der Waals surface area contributed by atoms with Crippen molar-refractivity contribution in [3.63, 3.8) is 0 Å². The second kappa shape index (κ2) is 9.14. The molecule has 9 heteroatoms. The fourth-order valence-electron chi connectivity index (χ4n) is 3.02. The van der Waals surface area contributed by atoms with Crippen LogP contribution in [0.4, 0.5) is 11.4 Å². The highest BCUT2D eigenvalue weighted by Crippen LogP contribution is 2.29. The zero-order valence-electron chi connectivity index (χ0n) is 15.0. The Kier molecular flexibility index (Phi) is 6.90. The first-order valence-corrected chi connectivity index (χ1v) is 8.57. The Labute approximate surface area is 151 Å². The van der Waals surface area contributed by atoms with Gasteiger partial charge in [-0.05, 0) is 32.4 Å². The van der Waals surface area contributed by atoms with E-state index >= 15 is 0 Å². The fourth-order valence-corrected chi connectivity index (χ4v) is 3.02. The molecule has 1 fully saturated rings. The lowest BCUT2D eigenvalue weighted by molar-refractivity contribution is -0.384. The van der Waals surface area contributed by atoms with Crippen molar-refractivity contribution >= 4 is 23.2 Å². The summed E-state index contributed by atoms with van der Waals surface area (Å²) in [5, 5.41) is 16.4. The summed E-state index contributed by atoms with van der Waals surface area (Å²) in [5.74, 6) is -0.111. The monoisotopic (exact) mass is 364 g/mol. The number of rotatable bonds is 7. The number of carbonyl (C=O) groups is 2. The molecule has 1 unspecified atom stereocenters. The zero-order valence-corrected chi connectivity index (χ0v) is 15.0. The van der Waals surface area contributed by atoms with E-state index in [2.05, 4.69) is 10.6 Å². The molecule has 1 heterocycles. The molecule has 0 saturated carbocycles. The second-order valence-electron chi connectivity index (χ2n) is 6.16. The molecule has 0 aliphatic carbocycles. The summed E-state index contributed by atoms with van der Waals surface area (Å²) in [6.07, 6.45) is 1.68. The lowest BCUT2D eigenvalue weighted by atomic mass is 9.97. The van der Waals surface area contributed by atoms with E-state index in [1.807, 2.05) is 11.8 Å². The van der Waals surface area contributed by atoms with E-state index < -0.39 is 4.92 Å². The van der Waals surface area contributed by atoms with E-state index in [0.29, 0.717) is 18.8 Å². The normalized spacial score (nSPS) is 17.4. The number of amides is 2. The lowest BCUT2D eigenvalue weighted by Crippen LogP contribution is -2.45. The number of hydrogen-bond acceptors (Lipinski definition) is 6. The van der Waals surface area contributed by atoms with Gasteiger partial charge in [0.15, 0.2) is 0 Å². The van der Waals surface area contributed by atoms with E-state index in [1.165, 1.54) is 25.3 Å². The predicted molar refractivity (Wildman–Crippen MR) is 96.1 cm³/mol. The van der Waals surface area contributed by atoms with Crippen LogP contribution in [0.2, 0.25) is 0 Å². The van der Waals surface area contributed by atoms with Gasteiger partial charge in [0.2, 0.25) is 11.8 Å². The Morgan fingerprint density at radius 2 is 2.19 bits per heavy atom. The van der Waals surface area contributed by atoms with Gasteiger partial charge < -0.3 is 15.4 Å². The summed E-state index contributed by atoms with van der Waals surface area (Å²) in [4.78, 5) is 36.5. The number of anilines is 1. The minimum atomic E-state index is -0.524. The average molecular weight is 364 g/mol. The van der Waals surface area contributed by atoms with Gasteiger partial charge in [0.25, 0.3) is 5.69 Å². The number of nitrogens with zero attached hydrogens (tertiary/aromatic N) is 2.